The van der Waals surface area contributed by atoms with Crippen LogP contribution in [0.2, 0.25) is 0 Å². The lowest BCUT2D eigenvalue weighted by molar-refractivity contribution is -0.135. The minimum Gasteiger partial charge on any atom is -0.396 e. The second-order valence-electron chi connectivity index (χ2n) is 4.95. The molecule has 2 aliphatic heterocycles. The van der Waals surface area contributed by atoms with Crippen molar-refractivity contribution in [1.29, 1.82) is 0 Å². The van der Waals surface area contributed by atoms with Crippen LogP contribution >= 0.6 is 0 Å². The number of carbonyl (C=O) groups excluding carboxylic acids is 1. The molecule has 2 heterocycles. The first-order chi connectivity index (χ1) is 7.81. The first kappa shape index (κ1) is 11.9. The molecule has 0 aromatic heterocycles. The average molecular weight is 226 g/mol. The van der Waals surface area contributed by atoms with Crippen LogP contribution in [-0.2, 0) is 4.79 Å². The number of carbonyl (C=O) groups is 1. The van der Waals surface area contributed by atoms with Crippen molar-refractivity contribution in [2.24, 2.45) is 5.92 Å². The summed E-state index contributed by atoms with van der Waals surface area (Å²) < 4.78 is 0. The maximum Gasteiger partial charge on any atom is 0.239 e. The quantitative estimate of drug-likeness (QED) is 0.730. The zero-order valence-electron chi connectivity index (χ0n) is 9.82. The lowest BCUT2D eigenvalue weighted by atomic mass is 9.94. The Hall–Kier alpha value is -0.610. The van der Waals surface area contributed by atoms with Gasteiger partial charge in [-0.2, -0.15) is 0 Å². The van der Waals surface area contributed by atoms with Crippen molar-refractivity contribution in [1.82, 2.24) is 10.2 Å². The highest BCUT2D eigenvalue weighted by molar-refractivity contribution is 5.82. The number of hydrogen-bond acceptors (Lipinski definition) is 3. The van der Waals surface area contributed by atoms with E-state index in [-0.39, 0.29) is 18.6 Å². The van der Waals surface area contributed by atoms with E-state index in [1.807, 2.05) is 4.90 Å². The highest BCUT2D eigenvalue weighted by atomic mass is 16.3. The van der Waals surface area contributed by atoms with E-state index < -0.39 is 0 Å². The van der Waals surface area contributed by atoms with Crippen LogP contribution in [0.15, 0.2) is 0 Å². The van der Waals surface area contributed by atoms with Gasteiger partial charge in [0.05, 0.1) is 6.04 Å². The maximum atomic E-state index is 12.2. The largest absolute Gasteiger partial charge is 0.396 e. The monoisotopic (exact) mass is 226 g/mol. The Morgan fingerprint density at radius 1 is 1.38 bits per heavy atom. The lowest BCUT2D eigenvalue weighted by Gasteiger charge is -2.34. The zero-order valence-corrected chi connectivity index (χ0v) is 9.82. The number of amides is 1. The Bertz CT molecular complexity index is 237. The number of nitrogens with zero attached hydrogens (tertiary/aromatic N) is 1. The predicted molar refractivity (Wildman–Crippen MR) is 62.0 cm³/mol. The lowest BCUT2D eigenvalue weighted by Crippen LogP contribution is -2.47. The molecule has 1 amide bonds. The molecule has 92 valence electrons. The van der Waals surface area contributed by atoms with Crippen LogP contribution in [0.5, 0.6) is 0 Å². The van der Waals surface area contributed by atoms with Crippen LogP contribution in [0.4, 0.5) is 0 Å². The molecule has 2 rings (SSSR count). The van der Waals surface area contributed by atoms with E-state index in [9.17, 15) is 4.79 Å². The molecular formula is C12H22N2O2. The van der Waals surface area contributed by atoms with Gasteiger partial charge in [-0.1, -0.05) is 0 Å². The van der Waals surface area contributed by atoms with Crippen molar-refractivity contribution in [2.45, 2.75) is 38.1 Å². The standard InChI is InChI=1S/C12H22N2O2/c15-8-5-10-3-2-7-14(9-10)12(16)11-4-1-6-13-11/h10-11,13,15H,1-9H2. The van der Waals surface area contributed by atoms with Gasteiger partial charge in [0.1, 0.15) is 0 Å². The fourth-order valence-electron chi connectivity index (χ4n) is 2.80. The van der Waals surface area contributed by atoms with Crippen LogP contribution < -0.4 is 5.32 Å². The van der Waals surface area contributed by atoms with Gasteiger partial charge < -0.3 is 15.3 Å². The van der Waals surface area contributed by atoms with E-state index in [0.717, 1.165) is 51.7 Å². The van der Waals surface area contributed by atoms with Crippen molar-refractivity contribution in [3.8, 4) is 0 Å². The van der Waals surface area contributed by atoms with Gasteiger partial charge in [-0.05, 0) is 44.6 Å². The predicted octanol–water partition coefficient (Wildman–Crippen LogP) is 0.359. The summed E-state index contributed by atoms with van der Waals surface area (Å²) in [6.07, 6.45) is 5.18. The van der Waals surface area contributed by atoms with Crippen LogP contribution in [-0.4, -0.2) is 48.2 Å². The van der Waals surface area contributed by atoms with E-state index in [1.54, 1.807) is 0 Å². The Labute approximate surface area is 97.0 Å². The Morgan fingerprint density at radius 3 is 2.94 bits per heavy atom. The highest BCUT2D eigenvalue weighted by Gasteiger charge is 2.29. The minimum absolute atomic E-state index is 0.0628. The smallest absolute Gasteiger partial charge is 0.239 e. The molecule has 2 saturated heterocycles. The summed E-state index contributed by atoms with van der Waals surface area (Å²) in [4.78, 5) is 14.1. The molecule has 2 N–H and O–H groups in total. The van der Waals surface area contributed by atoms with Gasteiger partial charge in [0.2, 0.25) is 5.91 Å². The van der Waals surface area contributed by atoms with Crippen LogP contribution in [0.1, 0.15) is 32.1 Å². The van der Waals surface area contributed by atoms with Crippen LogP contribution in [0.25, 0.3) is 0 Å². The highest BCUT2D eigenvalue weighted by Crippen LogP contribution is 2.21. The number of nitrogens with one attached hydrogen (secondary N) is 1. The number of likely N-dealkylation sites (tertiary alicyclic amines) is 1. The summed E-state index contributed by atoms with van der Waals surface area (Å²) in [5.41, 5.74) is 0. The van der Waals surface area contributed by atoms with Gasteiger partial charge in [-0.15, -0.1) is 0 Å². The van der Waals surface area contributed by atoms with Gasteiger partial charge in [0, 0.05) is 19.7 Å². The average Bonchev–Trinajstić information content (AvgIpc) is 2.82. The number of hydrogen-bond donors (Lipinski definition) is 2. The SMILES string of the molecule is O=C(C1CCCN1)N1CCCC(CCO)C1. The fourth-order valence-corrected chi connectivity index (χ4v) is 2.80. The summed E-state index contributed by atoms with van der Waals surface area (Å²) in [5.74, 6) is 0.782. The third kappa shape index (κ3) is 2.74. The topological polar surface area (TPSA) is 52.6 Å². The van der Waals surface area contributed by atoms with Crippen molar-refractivity contribution < 1.29 is 9.90 Å². The molecule has 0 aromatic carbocycles. The summed E-state index contributed by atoms with van der Waals surface area (Å²) in [7, 11) is 0. The molecule has 0 aromatic rings. The van der Waals surface area contributed by atoms with Crippen molar-refractivity contribution in [2.75, 3.05) is 26.2 Å². The number of aliphatic hydroxyl groups is 1. The van der Waals surface area contributed by atoms with Gasteiger partial charge >= 0.3 is 0 Å². The van der Waals surface area contributed by atoms with E-state index >= 15 is 0 Å². The molecule has 16 heavy (non-hydrogen) atoms. The third-order valence-corrected chi connectivity index (χ3v) is 3.73. The summed E-state index contributed by atoms with van der Waals surface area (Å²) in [6.45, 7) is 2.97. The number of piperidine rings is 1. The molecule has 0 saturated carbocycles. The second kappa shape index (κ2) is 5.64. The Balaban J connectivity index is 1.85. The molecule has 4 nitrogen and oxygen atoms in total. The number of aliphatic hydroxyl groups excluding tert-OH is 1. The van der Waals surface area contributed by atoms with Gasteiger partial charge in [0.15, 0.2) is 0 Å². The molecule has 2 atom stereocenters. The van der Waals surface area contributed by atoms with E-state index in [2.05, 4.69) is 5.32 Å². The van der Waals surface area contributed by atoms with E-state index in [0.29, 0.717) is 5.92 Å². The van der Waals surface area contributed by atoms with Crippen molar-refractivity contribution in [3.05, 3.63) is 0 Å². The molecule has 2 unspecified atom stereocenters. The zero-order chi connectivity index (χ0) is 11.4. The molecule has 2 fully saturated rings. The molecule has 4 heteroatoms. The molecule has 0 aliphatic carbocycles. The molecular weight excluding hydrogens is 204 g/mol. The van der Waals surface area contributed by atoms with Crippen LogP contribution in [0, 0.1) is 5.92 Å². The van der Waals surface area contributed by atoms with Gasteiger partial charge in [-0.3, -0.25) is 4.79 Å². The fraction of sp³-hybridized carbons (Fsp3) is 0.917. The minimum atomic E-state index is 0.0628. The summed E-state index contributed by atoms with van der Waals surface area (Å²) >= 11 is 0. The molecule has 0 radical (unpaired) electrons. The van der Waals surface area contributed by atoms with Crippen molar-refractivity contribution >= 4 is 5.91 Å². The summed E-state index contributed by atoms with van der Waals surface area (Å²) in [5, 5.41) is 12.2. The molecule has 0 bridgehead atoms. The Morgan fingerprint density at radius 2 is 2.25 bits per heavy atom. The normalized spacial score (nSPS) is 30.7. The Kier molecular flexibility index (Phi) is 4.18. The first-order valence-electron chi connectivity index (χ1n) is 6.44. The van der Waals surface area contributed by atoms with E-state index in [4.69, 9.17) is 5.11 Å². The van der Waals surface area contributed by atoms with Gasteiger partial charge in [-0.25, -0.2) is 0 Å². The van der Waals surface area contributed by atoms with Crippen LogP contribution in [0.3, 0.4) is 0 Å². The third-order valence-electron chi connectivity index (χ3n) is 3.73. The maximum absolute atomic E-state index is 12.2. The second-order valence-corrected chi connectivity index (χ2v) is 4.95. The van der Waals surface area contributed by atoms with Crippen molar-refractivity contribution in [3.63, 3.8) is 0 Å². The first-order valence-corrected chi connectivity index (χ1v) is 6.44. The van der Waals surface area contributed by atoms with E-state index in [1.165, 1.54) is 0 Å². The van der Waals surface area contributed by atoms with Gasteiger partial charge in [0.25, 0.3) is 0 Å². The summed E-state index contributed by atoms with van der Waals surface area (Å²) in [6, 6.07) is 0.0628. The molecule has 0 spiro atoms. The molecule has 2 aliphatic rings. The number of rotatable bonds is 3.